The predicted molar refractivity (Wildman–Crippen MR) is 111 cm³/mol. The van der Waals surface area contributed by atoms with Gasteiger partial charge >= 0.3 is 0 Å². The first-order valence-electron chi connectivity index (χ1n) is 9.80. The minimum Gasteiger partial charge on any atom is -0.342 e. The van der Waals surface area contributed by atoms with Gasteiger partial charge in [0.2, 0.25) is 5.91 Å². The smallest absolute Gasteiger partial charge is 0.227 e. The molecule has 1 heterocycles. The maximum Gasteiger partial charge on any atom is 0.227 e. The first kappa shape index (κ1) is 19.9. The Balaban J connectivity index is 1.63. The van der Waals surface area contributed by atoms with E-state index in [0.717, 1.165) is 43.5 Å². The van der Waals surface area contributed by atoms with Crippen LogP contribution < -0.4 is 0 Å². The minimum absolute atomic E-state index is 0.188. The molecule has 0 spiro atoms. The summed E-state index contributed by atoms with van der Waals surface area (Å²) in [5.41, 5.74) is 2.20. The van der Waals surface area contributed by atoms with Gasteiger partial charge in [-0.15, -0.1) is 11.8 Å². The van der Waals surface area contributed by atoms with E-state index in [1.807, 2.05) is 28.8 Å². The third-order valence-corrected chi connectivity index (χ3v) is 6.03. The van der Waals surface area contributed by atoms with Crippen LogP contribution in [-0.4, -0.2) is 29.1 Å². The zero-order chi connectivity index (χ0) is 19.2. The number of rotatable bonds is 5. The van der Waals surface area contributed by atoms with E-state index >= 15 is 0 Å². The van der Waals surface area contributed by atoms with Crippen LogP contribution in [0.1, 0.15) is 50.2 Å². The number of halogens is 1. The van der Waals surface area contributed by atoms with Crippen molar-refractivity contribution in [3.63, 3.8) is 0 Å². The normalized spacial score (nSPS) is 17.8. The molecule has 2 aromatic rings. The summed E-state index contributed by atoms with van der Waals surface area (Å²) in [5.74, 6) is 0.273. The summed E-state index contributed by atoms with van der Waals surface area (Å²) in [6, 6.07) is 15.1. The molecule has 3 rings (SSSR count). The van der Waals surface area contributed by atoms with E-state index in [1.165, 1.54) is 17.0 Å². The molecule has 2 nitrogen and oxygen atoms in total. The average molecular weight is 386 g/mol. The molecule has 0 unspecified atom stereocenters. The average Bonchev–Trinajstić information content (AvgIpc) is 2.90. The van der Waals surface area contributed by atoms with Crippen LogP contribution in [0.4, 0.5) is 4.39 Å². The Bertz CT molecular complexity index is 742. The Morgan fingerprint density at radius 2 is 1.81 bits per heavy atom. The van der Waals surface area contributed by atoms with Crippen LogP contribution in [0.15, 0.2) is 53.4 Å². The molecule has 1 saturated heterocycles. The van der Waals surface area contributed by atoms with Gasteiger partial charge in [0, 0.05) is 29.2 Å². The Labute approximate surface area is 166 Å². The van der Waals surface area contributed by atoms with Crippen molar-refractivity contribution < 1.29 is 9.18 Å². The first-order valence-corrected chi connectivity index (χ1v) is 10.7. The molecule has 1 aliphatic heterocycles. The summed E-state index contributed by atoms with van der Waals surface area (Å²) in [4.78, 5) is 16.1. The van der Waals surface area contributed by atoms with Crippen LogP contribution in [0.2, 0.25) is 0 Å². The highest BCUT2D eigenvalue weighted by Gasteiger charge is 2.23. The number of benzene rings is 2. The van der Waals surface area contributed by atoms with Crippen molar-refractivity contribution in [2.45, 2.75) is 55.6 Å². The Morgan fingerprint density at radius 1 is 1.11 bits per heavy atom. The van der Waals surface area contributed by atoms with Crippen LogP contribution in [0.3, 0.4) is 0 Å². The molecular formula is C23H28FNOS. The van der Waals surface area contributed by atoms with Gasteiger partial charge in [-0.25, -0.2) is 4.39 Å². The Morgan fingerprint density at radius 3 is 2.48 bits per heavy atom. The first-order chi connectivity index (χ1) is 13.0. The van der Waals surface area contributed by atoms with Gasteiger partial charge in [0.25, 0.3) is 0 Å². The molecule has 0 bridgehead atoms. The standard InChI is InChI=1S/C23H28FNOS/c1-17(2)27-22-12-6-18(7-13-22)15-23(26)25-14-4-3-5-20(16-25)19-8-10-21(24)11-9-19/h6-13,17,20H,3-5,14-16H2,1-2H3/t20-/m1/s1. The predicted octanol–water partition coefficient (Wildman–Crippen LogP) is 5.67. The summed E-state index contributed by atoms with van der Waals surface area (Å²) in [6.07, 6.45) is 3.64. The van der Waals surface area contributed by atoms with Gasteiger partial charge in [-0.2, -0.15) is 0 Å². The van der Waals surface area contributed by atoms with E-state index in [4.69, 9.17) is 0 Å². The molecule has 0 N–H and O–H groups in total. The zero-order valence-electron chi connectivity index (χ0n) is 16.2. The fourth-order valence-corrected chi connectivity index (χ4v) is 4.46. The van der Waals surface area contributed by atoms with Crippen LogP contribution in [-0.2, 0) is 11.2 Å². The van der Waals surface area contributed by atoms with Crippen LogP contribution in [0.25, 0.3) is 0 Å². The molecule has 1 amide bonds. The summed E-state index contributed by atoms with van der Waals surface area (Å²) < 4.78 is 13.2. The minimum atomic E-state index is -0.209. The van der Waals surface area contributed by atoms with Crippen LogP contribution >= 0.6 is 11.8 Å². The largest absolute Gasteiger partial charge is 0.342 e. The monoisotopic (exact) mass is 385 g/mol. The molecule has 1 aliphatic rings. The summed E-state index contributed by atoms with van der Waals surface area (Å²) in [7, 11) is 0. The molecule has 1 fully saturated rings. The van der Waals surface area contributed by atoms with E-state index in [-0.39, 0.29) is 11.7 Å². The lowest BCUT2D eigenvalue weighted by atomic mass is 9.94. The number of amides is 1. The van der Waals surface area contributed by atoms with Crippen molar-refractivity contribution >= 4 is 17.7 Å². The molecule has 0 aliphatic carbocycles. The number of hydrogen-bond acceptors (Lipinski definition) is 2. The third-order valence-electron chi connectivity index (χ3n) is 5.02. The summed E-state index contributed by atoms with van der Waals surface area (Å²) in [5, 5.41) is 0.554. The maximum absolute atomic E-state index is 13.2. The SMILES string of the molecule is CC(C)Sc1ccc(CC(=O)N2CCCC[C@@H](c3ccc(F)cc3)C2)cc1. The Hall–Kier alpha value is -1.81. The lowest BCUT2D eigenvalue weighted by molar-refractivity contribution is -0.130. The lowest BCUT2D eigenvalue weighted by Gasteiger charge is -2.25. The van der Waals surface area contributed by atoms with Crippen molar-refractivity contribution in [1.82, 2.24) is 4.90 Å². The fraction of sp³-hybridized carbons (Fsp3) is 0.435. The molecule has 27 heavy (non-hydrogen) atoms. The van der Waals surface area contributed by atoms with Gasteiger partial charge in [-0.1, -0.05) is 44.5 Å². The van der Waals surface area contributed by atoms with Crippen molar-refractivity contribution in [3.8, 4) is 0 Å². The second-order valence-corrected chi connectivity index (χ2v) is 9.22. The summed E-state index contributed by atoms with van der Waals surface area (Å²) in [6.45, 7) is 5.90. The quantitative estimate of drug-likeness (QED) is 0.619. The number of carbonyl (C=O) groups is 1. The number of nitrogens with zero attached hydrogens (tertiary/aromatic N) is 1. The van der Waals surface area contributed by atoms with Crippen molar-refractivity contribution in [3.05, 3.63) is 65.5 Å². The second-order valence-electron chi connectivity index (χ2n) is 7.57. The number of hydrogen-bond donors (Lipinski definition) is 0. The van der Waals surface area contributed by atoms with Gasteiger partial charge in [-0.3, -0.25) is 4.79 Å². The highest BCUT2D eigenvalue weighted by molar-refractivity contribution is 7.99. The molecular weight excluding hydrogens is 357 g/mol. The highest BCUT2D eigenvalue weighted by Crippen LogP contribution is 2.27. The van der Waals surface area contributed by atoms with Crippen molar-refractivity contribution in [1.29, 1.82) is 0 Å². The lowest BCUT2D eigenvalue weighted by Crippen LogP contribution is -2.35. The molecule has 4 heteroatoms. The van der Waals surface area contributed by atoms with Crippen molar-refractivity contribution in [2.75, 3.05) is 13.1 Å². The van der Waals surface area contributed by atoms with E-state index in [2.05, 4.69) is 38.1 Å². The number of thioether (sulfide) groups is 1. The maximum atomic E-state index is 13.2. The van der Waals surface area contributed by atoms with E-state index in [9.17, 15) is 9.18 Å². The molecule has 0 saturated carbocycles. The molecule has 2 aromatic carbocycles. The van der Waals surface area contributed by atoms with Gasteiger partial charge in [0.1, 0.15) is 5.82 Å². The van der Waals surface area contributed by atoms with Crippen LogP contribution in [0.5, 0.6) is 0 Å². The Kier molecular flexibility index (Phi) is 6.95. The van der Waals surface area contributed by atoms with E-state index in [0.29, 0.717) is 17.6 Å². The molecule has 1 atom stereocenters. The second kappa shape index (κ2) is 9.41. The van der Waals surface area contributed by atoms with Gasteiger partial charge in [0.15, 0.2) is 0 Å². The van der Waals surface area contributed by atoms with Gasteiger partial charge < -0.3 is 4.90 Å². The molecule has 0 radical (unpaired) electrons. The fourth-order valence-electron chi connectivity index (χ4n) is 3.62. The van der Waals surface area contributed by atoms with E-state index < -0.39 is 0 Å². The van der Waals surface area contributed by atoms with Crippen LogP contribution in [0, 0.1) is 5.82 Å². The highest BCUT2D eigenvalue weighted by atomic mass is 32.2. The third kappa shape index (κ3) is 5.83. The van der Waals surface area contributed by atoms with Gasteiger partial charge in [-0.05, 0) is 48.2 Å². The zero-order valence-corrected chi connectivity index (χ0v) is 17.0. The molecule has 144 valence electrons. The van der Waals surface area contributed by atoms with E-state index in [1.54, 1.807) is 0 Å². The summed E-state index contributed by atoms with van der Waals surface area (Å²) >= 11 is 1.83. The number of carbonyl (C=O) groups excluding carboxylic acids is 1. The van der Waals surface area contributed by atoms with Gasteiger partial charge in [0.05, 0.1) is 6.42 Å². The number of likely N-dealkylation sites (tertiary alicyclic amines) is 1. The topological polar surface area (TPSA) is 20.3 Å². The molecule has 0 aromatic heterocycles. The van der Waals surface area contributed by atoms with Crippen molar-refractivity contribution in [2.24, 2.45) is 0 Å².